The molecule has 0 bridgehead atoms. The monoisotopic (exact) mass is 259 g/mol. The average molecular weight is 259 g/mol. The van der Waals surface area contributed by atoms with Gasteiger partial charge in [-0.05, 0) is 39.0 Å². The van der Waals surface area contributed by atoms with Gasteiger partial charge in [-0.1, -0.05) is 0 Å². The molecule has 19 heavy (non-hydrogen) atoms. The Kier molecular flexibility index (Phi) is 3.03. The summed E-state index contributed by atoms with van der Waals surface area (Å²) in [6.07, 6.45) is -1.09. The van der Waals surface area contributed by atoms with Gasteiger partial charge in [0.05, 0.1) is 17.2 Å². The van der Waals surface area contributed by atoms with Crippen molar-refractivity contribution in [2.24, 2.45) is 0 Å². The van der Waals surface area contributed by atoms with E-state index in [1.54, 1.807) is 20.8 Å². The van der Waals surface area contributed by atoms with Crippen LogP contribution < -0.4 is 0 Å². The molecule has 5 nitrogen and oxygen atoms in total. The van der Waals surface area contributed by atoms with Crippen molar-refractivity contribution < 1.29 is 19.1 Å². The fourth-order valence-electron chi connectivity index (χ4n) is 1.80. The normalized spacial score (nSPS) is 17.4. The van der Waals surface area contributed by atoms with Crippen molar-refractivity contribution in [3.63, 3.8) is 0 Å². The third-order valence-corrected chi connectivity index (χ3v) is 2.53. The number of hydrogen-bond acceptors (Lipinski definition) is 5. The van der Waals surface area contributed by atoms with E-state index in [1.165, 1.54) is 18.2 Å². The number of nitriles is 1. The van der Waals surface area contributed by atoms with E-state index in [-0.39, 0.29) is 0 Å². The van der Waals surface area contributed by atoms with Crippen LogP contribution in [0.5, 0.6) is 0 Å². The van der Waals surface area contributed by atoms with Gasteiger partial charge in [-0.3, -0.25) is 0 Å². The summed E-state index contributed by atoms with van der Waals surface area (Å²) >= 11 is 0. The Balaban J connectivity index is 2.36. The first-order chi connectivity index (χ1) is 8.81. The third-order valence-electron chi connectivity index (χ3n) is 2.53. The number of nitrogens with zero attached hydrogens (tertiary/aromatic N) is 1. The highest BCUT2D eigenvalue weighted by Gasteiger charge is 2.38. The molecule has 1 aliphatic rings. The first-order valence-electron chi connectivity index (χ1n) is 5.80. The van der Waals surface area contributed by atoms with Crippen molar-refractivity contribution in [3.8, 4) is 6.07 Å². The van der Waals surface area contributed by atoms with Crippen molar-refractivity contribution in [1.82, 2.24) is 0 Å². The first kappa shape index (κ1) is 13.1. The number of carbonyl (C=O) groups is 2. The molecular weight excluding hydrogens is 246 g/mol. The minimum atomic E-state index is -1.09. The Morgan fingerprint density at radius 2 is 2.11 bits per heavy atom. The van der Waals surface area contributed by atoms with E-state index in [1.807, 2.05) is 6.07 Å². The van der Waals surface area contributed by atoms with Gasteiger partial charge in [-0.25, -0.2) is 9.59 Å². The van der Waals surface area contributed by atoms with Crippen LogP contribution in [0.3, 0.4) is 0 Å². The van der Waals surface area contributed by atoms with Gasteiger partial charge in [0.2, 0.25) is 6.10 Å². The van der Waals surface area contributed by atoms with Gasteiger partial charge in [-0.15, -0.1) is 0 Å². The van der Waals surface area contributed by atoms with Gasteiger partial charge in [-0.2, -0.15) is 5.26 Å². The Hall–Kier alpha value is -2.35. The number of cyclic esters (lactones) is 1. The van der Waals surface area contributed by atoms with Gasteiger partial charge in [0, 0.05) is 5.56 Å². The van der Waals surface area contributed by atoms with Crippen LogP contribution in [0.4, 0.5) is 0 Å². The largest absolute Gasteiger partial charge is 0.457 e. The van der Waals surface area contributed by atoms with Crippen molar-refractivity contribution in [1.29, 1.82) is 5.26 Å². The summed E-state index contributed by atoms with van der Waals surface area (Å²) in [6, 6.07) is 6.44. The van der Waals surface area contributed by atoms with E-state index in [0.717, 1.165) is 0 Å². The maximum atomic E-state index is 12.0. The molecule has 98 valence electrons. The van der Waals surface area contributed by atoms with E-state index in [0.29, 0.717) is 16.7 Å². The summed E-state index contributed by atoms with van der Waals surface area (Å²) in [5.41, 5.74) is 0.387. The van der Waals surface area contributed by atoms with Crippen LogP contribution in [0.25, 0.3) is 0 Å². The highest BCUT2D eigenvalue weighted by molar-refractivity contribution is 5.99. The predicted octanol–water partition coefficient (Wildman–Crippen LogP) is 2.11. The summed E-state index contributed by atoms with van der Waals surface area (Å²) in [5, 5.41) is 8.85. The summed E-state index contributed by atoms with van der Waals surface area (Å²) in [7, 11) is 0. The van der Waals surface area contributed by atoms with Crippen LogP contribution in [0.2, 0.25) is 0 Å². The minimum absolute atomic E-state index is 0.301. The van der Waals surface area contributed by atoms with E-state index >= 15 is 0 Å². The number of esters is 2. The Morgan fingerprint density at radius 1 is 1.42 bits per heavy atom. The van der Waals surface area contributed by atoms with Gasteiger partial charge >= 0.3 is 11.9 Å². The second kappa shape index (κ2) is 4.39. The molecule has 1 heterocycles. The summed E-state index contributed by atoms with van der Waals surface area (Å²) in [5.74, 6) is -1.20. The lowest BCUT2D eigenvalue weighted by Gasteiger charge is -2.21. The highest BCUT2D eigenvalue weighted by Crippen LogP contribution is 2.33. The maximum Gasteiger partial charge on any atom is 0.352 e. The molecule has 1 aliphatic heterocycles. The van der Waals surface area contributed by atoms with Gasteiger partial charge in [0.15, 0.2) is 0 Å². The average Bonchev–Trinajstić information content (AvgIpc) is 2.64. The molecule has 0 saturated carbocycles. The minimum Gasteiger partial charge on any atom is -0.457 e. The van der Waals surface area contributed by atoms with Gasteiger partial charge in [0.1, 0.15) is 5.60 Å². The molecule has 0 aromatic heterocycles. The third kappa shape index (κ3) is 2.58. The number of benzene rings is 1. The predicted molar refractivity (Wildman–Crippen MR) is 65.2 cm³/mol. The zero-order chi connectivity index (χ0) is 14.2. The lowest BCUT2D eigenvalue weighted by Crippen LogP contribution is -2.27. The Morgan fingerprint density at radius 3 is 2.68 bits per heavy atom. The van der Waals surface area contributed by atoms with Crippen LogP contribution in [0.15, 0.2) is 18.2 Å². The van der Waals surface area contributed by atoms with Crippen molar-refractivity contribution >= 4 is 11.9 Å². The fraction of sp³-hybridized carbons (Fsp3) is 0.357. The molecule has 0 radical (unpaired) electrons. The lowest BCUT2D eigenvalue weighted by atomic mass is 10.0. The van der Waals surface area contributed by atoms with Crippen LogP contribution in [0, 0.1) is 11.3 Å². The Labute approximate surface area is 110 Å². The molecule has 2 rings (SSSR count). The maximum absolute atomic E-state index is 12.0. The smallest absolute Gasteiger partial charge is 0.352 e. The van der Waals surface area contributed by atoms with E-state index in [9.17, 15) is 9.59 Å². The molecule has 5 heteroatoms. The molecule has 0 amide bonds. The molecule has 0 N–H and O–H groups in total. The van der Waals surface area contributed by atoms with Crippen molar-refractivity contribution in [3.05, 3.63) is 34.9 Å². The number of carbonyl (C=O) groups excluding carboxylic acids is 2. The van der Waals surface area contributed by atoms with Crippen LogP contribution in [-0.2, 0) is 14.3 Å². The van der Waals surface area contributed by atoms with Crippen molar-refractivity contribution in [2.75, 3.05) is 0 Å². The van der Waals surface area contributed by atoms with Crippen LogP contribution >= 0.6 is 0 Å². The molecule has 1 aromatic carbocycles. The van der Waals surface area contributed by atoms with E-state index in [2.05, 4.69) is 0 Å². The number of fused-ring (bicyclic) bond motifs is 1. The molecule has 0 aliphatic carbocycles. The second-order valence-electron chi connectivity index (χ2n) is 5.23. The quantitative estimate of drug-likeness (QED) is 0.722. The lowest BCUT2D eigenvalue weighted by molar-refractivity contribution is -0.165. The molecule has 0 saturated heterocycles. The number of rotatable bonds is 1. The summed E-state index contributed by atoms with van der Waals surface area (Å²) in [4.78, 5) is 23.6. The molecule has 1 aromatic rings. The summed E-state index contributed by atoms with van der Waals surface area (Å²) in [6.45, 7) is 5.19. The topological polar surface area (TPSA) is 76.4 Å². The van der Waals surface area contributed by atoms with E-state index in [4.69, 9.17) is 14.7 Å². The molecule has 1 unspecified atom stereocenters. The molecule has 0 fully saturated rings. The second-order valence-corrected chi connectivity index (χ2v) is 5.23. The highest BCUT2D eigenvalue weighted by atomic mass is 16.6. The Bertz CT molecular complexity index is 592. The van der Waals surface area contributed by atoms with Crippen LogP contribution in [-0.4, -0.2) is 17.5 Å². The van der Waals surface area contributed by atoms with Crippen LogP contribution in [0.1, 0.15) is 48.4 Å². The zero-order valence-electron chi connectivity index (χ0n) is 10.9. The number of ether oxygens (including phenoxy) is 2. The van der Waals surface area contributed by atoms with Gasteiger partial charge in [0.25, 0.3) is 0 Å². The zero-order valence-corrected chi connectivity index (χ0v) is 10.9. The fourth-order valence-corrected chi connectivity index (χ4v) is 1.80. The van der Waals surface area contributed by atoms with Gasteiger partial charge < -0.3 is 9.47 Å². The molecule has 1 atom stereocenters. The molecule has 0 spiro atoms. The van der Waals surface area contributed by atoms with E-state index < -0.39 is 23.6 Å². The first-order valence-corrected chi connectivity index (χ1v) is 5.80. The molecular formula is C14H13NO4. The van der Waals surface area contributed by atoms with Crippen molar-refractivity contribution in [2.45, 2.75) is 32.5 Å². The summed E-state index contributed by atoms with van der Waals surface area (Å²) < 4.78 is 10.2. The SMILES string of the molecule is CC(C)(C)OC(=O)C1OC(=O)c2ccc(C#N)cc21. The standard InChI is InChI=1S/C14H13NO4/c1-14(2,3)19-13(17)11-10-6-8(7-15)4-5-9(10)12(16)18-11/h4-6,11H,1-3H3. The number of hydrogen-bond donors (Lipinski definition) is 0.